The van der Waals surface area contributed by atoms with E-state index in [2.05, 4.69) is 10.0 Å². The topological polar surface area (TPSA) is 118 Å². The third-order valence-electron chi connectivity index (χ3n) is 3.22. The molecule has 0 aliphatic rings. The van der Waals surface area contributed by atoms with E-state index in [0.29, 0.717) is 5.56 Å². The van der Waals surface area contributed by atoms with Crippen LogP contribution in [0.4, 0.5) is 17.1 Å². The van der Waals surface area contributed by atoms with E-state index >= 15 is 0 Å². The van der Waals surface area contributed by atoms with E-state index < -0.39 is 20.9 Å². The Bertz CT molecular complexity index is 909. The number of nitrogens with one attached hydrogen (secondary N) is 2. The highest BCUT2D eigenvalue weighted by atomic mass is 32.2. The van der Waals surface area contributed by atoms with Crippen molar-refractivity contribution in [3.8, 4) is 0 Å². The van der Waals surface area contributed by atoms with Crippen molar-refractivity contribution in [2.75, 3.05) is 16.3 Å². The molecule has 0 unspecified atom stereocenters. The van der Waals surface area contributed by atoms with Crippen LogP contribution in [0, 0.1) is 17.0 Å². The van der Waals surface area contributed by atoms with Gasteiger partial charge in [-0.3, -0.25) is 19.6 Å². The van der Waals surface area contributed by atoms with Crippen molar-refractivity contribution < 1.29 is 18.1 Å². The van der Waals surface area contributed by atoms with Gasteiger partial charge in [0.25, 0.3) is 11.6 Å². The summed E-state index contributed by atoms with van der Waals surface area (Å²) in [6, 6.07) is 10.4. The predicted octanol–water partition coefficient (Wildman–Crippen LogP) is 2.53. The van der Waals surface area contributed by atoms with Gasteiger partial charge in [-0.1, -0.05) is 18.2 Å². The lowest BCUT2D eigenvalue weighted by Crippen LogP contribution is -2.18. The first-order valence-electron chi connectivity index (χ1n) is 6.81. The second-order valence-electron chi connectivity index (χ2n) is 5.08. The minimum Gasteiger partial charge on any atom is -0.321 e. The zero-order valence-electron chi connectivity index (χ0n) is 12.9. The lowest BCUT2D eigenvalue weighted by Gasteiger charge is -2.12. The number of hydrogen-bond donors (Lipinski definition) is 2. The van der Waals surface area contributed by atoms with Crippen LogP contribution in [0.3, 0.4) is 0 Å². The van der Waals surface area contributed by atoms with Crippen molar-refractivity contribution in [1.82, 2.24) is 0 Å². The van der Waals surface area contributed by atoms with Gasteiger partial charge in [-0.05, 0) is 25.1 Å². The SMILES string of the molecule is Cc1c(NC(=O)c2ccccc2NS(C)(=O)=O)cccc1[N+](=O)[O-]. The molecule has 0 aliphatic heterocycles. The Hall–Kier alpha value is -2.94. The van der Waals surface area contributed by atoms with Gasteiger partial charge in [0.15, 0.2) is 0 Å². The molecule has 8 nitrogen and oxygen atoms in total. The summed E-state index contributed by atoms with van der Waals surface area (Å²) < 4.78 is 25.0. The number of hydrogen-bond acceptors (Lipinski definition) is 5. The van der Waals surface area contributed by atoms with Gasteiger partial charge in [0.05, 0.1) is 33.7 Å². The Morgan fingerprint density at radius 2 is 1.71 bits per heavy atom. The molecule has 126 valence electrons. The third-order valence-corrected chi connectivity index (χ3v) is 3.81. The first-order chi connectivity index (χ1) is 11.2. The predicted molar refractivity (Wildman–Crippen MR) is 90.7 cm³/mol. The summed E-state index contributed by atoms with van der Waals surface area (Å²) >= 11 is 0. The Kier molecular flexibility index (Phi) is 4.84. The number of rotatable bonds is 5. The number of nitrogens with zero attached hydrogens (tertiary/aromatic N) is 1. The average Bonchev–Trinajstić information content (AvgIpc) is 2.48. The van der Waals surface area contributed by atoms with Crippen LogP contribution in [-0.4, -0.2) is 25.5 Å². The first-order valence-corrected chi connectivity index (χ1v) is 8.70. The lowest BCUT2D eigenvalue weighted by molar-refractivity contribution is -0.385. The maximum Gasteiger partial charge on any atom is 0.274 e. The summed E-state index contributed by atoms with van der Waals surface area (Å²) in [7, 11) is -3.55. The van der Waals surface area contributed by atoms with Crippen LogP contribution in [0.15, 0.2) is 42.5 Å². The van der Waals surface area contributed by atoms with Gasteiger partial charge >= 0.3 is 0 Å². The Morgan fingerprint density at radius 3 is 2.33 bits per heavy atom. The number of nitro groups is 1. The van der Waals surface area contributed by atoms with Crippen molar-refractivity contribution in [2.45, 2.75) is 6.92 Å². The molecule has 0 heterocycles. The summed E-state index contributed by atoms with van der Waals surface area (Å²) in [5.74, 6) is -0.578. The van der Waals surface area contributed by atoms with E-state index in [4.69, 9.17) is 0 Å². The molecule has 1 amide bonds. The van der Waals surface area contributed by atoms with Crippen LogP contribution in [-0.2, 0) is 10.0 Å². The molecule has 2 aromatic carbocycles. The van der Waals surface area contributed by atoms with Crippen LogP contribution < -0.4 is 10.0 Å². The van der Waals surface area contributed by atoms with Gasteiger partial charge in [-0.25, -0.2) is 8.42 Å². The second kappa shape index (κ2) is 6.67. The fraction of sp³-hybridized carbons (Fsp3) is 0.133. The van der Waals surface area contributed by atoms with Crippen molar-refractivity contribution in [2.24, 2.45) is 0 Å². The van der Waals surface area contributed by atoms with Crippen LogP contribution in [0.1, 0.15) is 15.9 Å². The third kappa shape index (κ3) is 4.07. The highest BCUT2D eigenvalue weighted by Crippen LogP contribution is 2.26. The molecule has 0 bridgehead atoms. The maximum atomic E-state index is 12.4. The van der Waals surface area contributed by atoms with Crippen LogP contribution in [0.2, 0.25) is 0 Å². The molecule has 0 saturated carbocycles. The Balaban J connectivity index is 2.35. The molecule has 2 N–H and O–H groups in total. The largest absolute Gasteiger partial charge is 0.321 e. The molecule has 0 aliphatic carbocycles. The van der Waals surface area contributed by atoms with E-state index in [1.165, 1.54) is 37.3 Å². The summed E-state index contributed by atoms with van der Waals surface area (Å²) in [4.78, 5) is 22.9. The Morgan fingerprint density at radius 1 is 1.08 bits per heavy atom. The second-order valence-corrected chi connectivity index (χ2v) is 6.83. The molecule has 0 fully saturated rings. The van der Waals surface area contributed by atoms with E-state index in [9.17, 15) is 23.3 Å². The molecular weight excluding hydrogens is 334 g/mol. The monoisotopic (exact) mass is 349 g/mol. The molecule has 0 atom stereocenters. The fourth-order valence-corrected chi connectivity index (χ4v) is 2.69. The van der Waals surface area contributed by atoms with Crippen molar-refractivity contribution in [3.05, 3.63) is 63.7 Å². The summed E-state index contributed by atoms with van der Waals surface area (Å²) in [5, 5.41) is 13.5. The zero-order valence-corrected chi connectivity index (χ0v) is 13.8. The molecule has 0 radical (unpaired) electrons. The molecule has 0 spiro atoms. The van der Waals surface area contributed by atoms with E-state index in [1.54, 1.807) is 12.1 Å². The smallest absolute Gasteiger partial charge is 0.274 e. The number of nitro benzene ring substituents is 1. The van der Waals surface area contributed by atoms with Gasteiger partial charge in [-0.15, -0.1) is 0 Å². The average molecular weight is 349 g/mol. The number of carbonyl (C=O) groups excluding carboxylic acids is 1. The minimum atomic E-state index is -3.55. The minimum absolute atomic E-state index is 0.105. The maximum absolute atomic E-state index is 12.4. The summed E-state index contributed by atoms with van der Waals surface area (Å²) in [5.41, 5.74) is 0.706. The van der Waals surface area contributed by atoms with E-state index in [0.717, 1.165) is 6.26 Å². The van der Waals surface area contributed by atoms with Gasteiger partial charge in [0.2, 0.25) is 10.0 Å². The number of para-hydroxylation sites is 1. The summed E-state index contributed by atoms with van der Waals surface area (Å²) in [6.45, 7) is 1.52. The van der Waals surface area contributed by atoms with Crippen molar-refractivity contribution in [1.29, 1.82) is 0 Å². The standard InChI is InChI=1S/C15H15N3O5S/c1-10-12(8-5-9-14(10)18(20)21)16-15(19)11-6-3-4-7-13(11)17-24(2,22)23/h3-9,17H,1-2H3,(H,16,19). The van der Waals surface area contributed by atoms with Gasteiger partial charge in [-0.2, -0.15) is 0 Å². The van der Waals surface area contributed by atoms with E-state index in [-0.39, 0.29) is 22.6 Å². The zero-order chi connectivity index (χ0) is 17.9. The number of carbonyl (C=O) groups is 1. The molecule has 9 heteroatoms. The first kappa shape index (κ1) is 17.4. The normalized spacial score (nSPS) is 10.9. The van der Waals surface area contributed by atoms with Gasteiger partial charge in [0, 0.05) is 6.07 Å². The van der Waals surface area contributed by atoms with Gasteiger partial charge < -0.3 is 5.32 Å². The quantitative estimate of drug-likeness (QED) is 0.635. The molecule has 2 aromatic rings. The van der Waals surface area contributed by atoms with Crippen molar-refractivity contribution >= 4 is 33.0 Å². The molecule has 0 saturated heterocycles. The number of benzene rings is 2. The number of anilines is 2. The Labute approximate surface area is 138 Å². The van der Waals surface area contributed by atoms with Crippen LogP contribution in [0.5, 0.6) is 0 Å². The summed E-state index contributed by atoms with van der Waals surface area (Å²) in [6.07, 6.45) is 0.979. The number of amides is 1. The van der Waals surface area contributed by atoms with Crippen LogP contribution >= 0.6 is 0 Å². The number of sulfonamides is 1. The highest BCUT2D eigenvalue weighted by Gasteiger charge is 2.18. The fourth-order valence-electron chi connectivity index (χ4n) is 2.12. The van der Waals surface area contributed by atoms with Crippen molar-refractivity contribution in [3.63, 3.8) is 0 Å². The molecule has 2 rings (SSSR count). The van der Waals surface area contributed by atoms with Crippen LogP contribution in [0.25, 0.3) is 0 Å². The molecular formula is C15H15N3O5S. The van der Waals surface area contributed by atoms with Gasteiger partial charge in [0.1, 0.15) is 0 Å². The molecule has 24 heavy (non-hydrogen) atoms. The van der Waals surface area contributed by atoms with E-state index in [1.807, 2.05) is 0 Å². The lowest BCUT2D eigenvalue weighted by atomic mass is 10.1. The highest BCUT2D eigenvalue weighted by molar-refractivity contribution is 7.92. The molecule has 0 aromatic heterocycles.